The van der Waals surface area contributed by atoms with Gasteiger partial charge in [-0.15, -0.1) is 0 Å². The van der Waals surface area contributed by atoms with Gasteiger partial charge in [0.25, 0.3) is 0 Å². The summed E-state index contributed by atoms with van der Waals surface area (Å²) in [7, 11) is 1.32. The van der Waals surface area contributed by atoms with Crippen molar-refractivity contribution in [2.75, 3.05) is 7.11 Å². The summed E-state index contributed by atoms with van der Waals surface area (Å²) in [5.74, 6) is -0.153. The van der Waals surface area contributed by atoms with Crippen LogP contribution in [-0.4, -0.2) is 18.1 Å². The number of ether oxygens (including phenoxy) is 1. The van der Waals surface area contributed by atoms with E-state index in [1.807, 2.05) is 0 Å². The minimum Gasteiger partial charge on any atom is -0.468 e. The third-order valence-corrected chi connectivity index (χ3v) is 2.90. The molecule has 0 spiro atoms. The fourth-order valence-corrected chi connectivity index (χ4v) is 1.46. The van der Waals surface area contributed by atoms with Gasteiger partial charge in [-0.25, -0.2) is 9.78 Å². The number of rotatable bonds is 3. The number of nitrogens with zero attached hydrogens (tertiary/aromatic N) is 1. The van der Waals surface area contributed by atoms with Crippen LogP contribution in [0, 0.1) is 0 Å². The van der Waals surface area contributed by atoms with Gasteiger partial charge in [-0.05, 0) is 6.92 Å². The lowest BCUT2D eigenvalue weighted by molar-refractivity contribution is -0.143. The van der Waals surface area contributed by atoms with Gasteiger partial charge in [-0.3, -0.25) is 0 Å². The van der Waals surface area contributed by atoms with E-state index in [9.17, 15) is 4.79 Å². The summed E-state index contributed by atoms with van der Waals surface area (Å²) in [5.41, 5.74) is 0.731. The largest absolute Gasteiger partial charge is 0.468 e. The highest BCUT2D eigenvalue weighted by molar-refractivity contribution is 9.10. The summed E-state index contributed by atoms with van der Waals surface area (Å²) in [6.45, 7) is 1.63. The number of carbonyl (C=O) groups is 1. The van der Waals surface area contributed by atoms with E-state index in [-0.39, 0.29) is 0 Å². The minimum absolute atomic E-state index is 0.291. The SMILES string of the molecule is COC(=O)C(C)(Br)c1nc(CBr)co1. The van der Waals surface area contributed by atoms with E-state index in [1.54, 1.807) is 6.92 Å². The van der Waals surface area contributed by atoms with Crippen LogP contribution in [-0.2, 0) is 19.2 Å². The summed E-state index contributed by atoms with van der Waals surface area (Å²) in [6, 6.07) is 0. The number of hydrogen-bond acceptors (Lipinski definition) is 4. The van der Waals surface area contributed by atoms with Gasteiger partial charge in [-0.1, -0.05) is 31.9 Å². The summed E-state index contributed by atoms with van der Waals surface area (Å²) in [5, 5.41) is 0.584. The highest BCUT2D eigenvalue weighted by Crippen LogP contribution is 2.31. The maximum Gasteiger partial charge on any atom is 0.331 e. The van der Waals surface area contributed by atoms with Gasteiger partial charge in [0.1, 0.15) is 6.26 Å². The molecule has 0 radical (unpaired) electrons. The Labute approximate surface area is 98.3 Å². The first kappa shape index (κ1) is 11.7. The van der Waals surface area contributed by atoms with Gasteiger partial charge in [0.2, 0.25) is 5.89 Å². The second kappa shape index (κ2) is 4.44. The first-order chi connectivity index (χ1) is 6.52. The summed E-state index contributed by atoms with van der Waals surface area (Å²) in [4.78, 5) is 15.5. The van der Waals surface area contributed by atoms with Crippen LogP contribution in [0.25, 0.3) is 0 Å². The van der Waals surface area contributed by atoms with Crippen LogP contribution >= 0.6 is 31.9 Å². The van der Waals surface area contributed by atoms with Crippen LogP contribution in [0.2, 0.25) is 0 Å². The molecule has 0 aromatic carbocycles. The molecule has 0 N–H and O–H groups in total. The molecule has 14 heavy (non-hydrogen) atoms. The van der Waals surface area contributed by atoms with Gasteiger partial charge in [0.15, 0.2) is 4.32 Å². The number of aromatic nitrogens is 1. The Morgan fingerprint density at radius 1 is 1.79 bits per heavy atom. The average Bonchev–Trinajstić information content (AvgIpc) is 2.65. The van der Waals surface area contributed by atoms with Crippen LogP contribution in [0.15, 0.2) is 10.7 Å². The molecule has 1 aromatic heterocycles. The van der Waals surface area contributed by atoms with Crippen molar-refractivity contribution in [2.24, 2.45) is 0 Å². The molecule has 0 fully saturated rings. The molecule has 4 nitrogen and oxygen atoms in total. The van der Waals surface area contributed by atoms with Crippen molar-refractivity contribution in [2.45, 2.75) is 16.6 Å². The van der Waals surface area contributed by atoms with E-state index in [2.05, 4.69) is 41.6 Å². The standard InChI is InChI=1S/C8H9Br2NO3/c1-8(10,7(12)13-2)6-11-5(3-9)4-14-6/h4H,3H2,1-2H3. The fourth-order valence-electron chi connectivity index (χ4n) is 0.863. The molecule has 78 valence electrons. The lowest BCUT2D eigenvalue weighted by Gasteiger charge is -2.14. The van der Waals surface area contributed by atoms with Gasteiger partial charge in [0.05, 0.1) is 12.8 Å². The average molecular weight is 327 g/mol. The van der Waals surface area contributed by atoms with Crippen LogP contribution in [0.4, 0.5) is 0 Å². The zero-order chi connectivity index (χ0) is 10.8. The van der Waals surface area contributed by atoms with Crippen molar-refractivity contribution in [3.05, 3.63) is 17.8 Å². The number of hydrogen-bond donors (Lipinski definition) is 0. The molecule has 6 heteroatoms. The molecular weight excluding hydrogens is 318 g/mol. The van der Waals surface area contributed by atoms with E-state index < -0.39 is 10.3 Å². The molecule has 1 atom stereocenters. The zero-order valence-electron chi connectivity index (χ0n) is 7.71. The van der Waals surface area contributed by atoms with Crippen molar-refractivity contribution in [3.63, 3.8) is 0 Å². The van der Waals surface area contributed by atoms with Crippen molar-refractivity contribution in [1.29, 1.82) is 0 Å². The Bertz CT molecular complexity index is 335. The van der Waals surface area contributed by atoms with Crippen LogP contribution < -0.4 is 0 Å². The van der Waals surface area contributed by atoms with E-state index in [0.717, 1.165) is 5.69 Å². The van der Waals surface area contributed by atoms with E-state index in [1.165, 1.54) is 13.4 Å². The highest BCUT2D eigenvalue weighted by atomic mass is 79.9. The summed E-state index contributed by atoms with van der Waals surface area (Å²) in [6.07, 6.45) is 1.49. The molecule has 1 unspecified atom stereocenters. The van der Waals surface area contributed by atoms with Gasteiger partial charge >= 0.3 is 5.97 Å². The van der Waals surface area contributed by atoms with Crippen molar-refractivity contribution >= 4 is 37.8 Å². The van der Waals surface area contributed by atoms with Crippen molar-refractivity contribution in [3.8, 4) is 0 Å². The van der Waals surface area contributed by atoms with E-state index >= 15 is 0 Å². The number of halogens is 2. The summed E-state index contributed by atoms with van der Waals surface area (Å²) < 4.78 is 8.74. The molecule has 0 aliphatic heterocycles. The van der Waals surface area contributed by atoms with Crippen molar-refractivity contribution < 1.29 is 13.9 Å². The Hall–Kier alpha value is -0.360. The second-order valence-electron chi connectivity index (χ2n) is 2.77. The lowest BCUT2D eigenvalue weighted by atomic mass is 10.2. The quantitative estimate of drug-likeness (QED) is 0.632. The number of alkyl halides is 2. The molecule has 0 aliphatic rings. The molecule has 0 saturated heterocycles. The predicted octanol–water partition coefficient (Wildman–Crippen LogP) is 2.35. The normalized spacial score (nSPS) is 14.9. The maximum atomic E-state index is 11.4. The first-order valence-corrected chi connectivity index (χ1v) is 5.72. The summed E-state index contributed by atoms with van der Waals surface area (Å²) >= 11 is 6.45. The molecule has 1 heterocycles. The Kier molecular flexibility index (Phi) is 3.71. The van der Waals surface area contributed by atoms with Gasteiger partial charge < -0.3 is 9.15 Å². The third kappa shape index (κ3) is 2.17. The monoisotopic (exact) mass is 325 g/mol. The first-order valence-electron chi connectivity index (χ1n) is 3.80. The number of oxazole rings is 1. The lowest BCUT2D eigenvalue weighted by Crippen LogP contribution is -2.27. The van der Waals surface area contributed by atoms with Crippen molar-refractivity contribution in [1.82, 2.24) is 4.98 Å². The van der Waals surface area contributed by atoms with Crippen LogP contribution in [0.5, 0.6) is 0 Å². The number of esters is 1. The van der Waals surface area contributed by atoms with E-state index in [0.29, 0.717) is 11.2 Å². The second-order valence-corrected chi connectivity index (χ2v) is 4.92. The molecule has 1 rings (SSSR count). The van der Waals surface area contributed by atoms with Crippen LogP contribution in [0.3, 0.4) is 0 Å². The Morgan fingerprint density at radius 3 is 2.86 bits per heavy atom. The minimum atomic E-state index is -1.03. The molecule has 0 saturated carbocycles. The fraction of sp³-hybridized carbons (Fsp3) is 0.500. The Morgan fingerprint density at radius 2 is 2.43 bits per heavy atom. The zero-order valence-corrected chi connectivity index (χ0v) is 10.9. The molecule has 0 aliphatic carbocycles. The maximum absolute atomic E-state index is 11.4. The molecule has 1 aromatic rings. The molecular formula is C8H9Br2NO3. The number of methoxy groups -OCH3 is 1. The Balaban J connectivity index is 2.97. The predicted molar refractivity (Wildman–Crippen MR) is 57.4 cm³/mol. The van der Waals surface area contributed by atoms with Crippen LogP contribution in [0.1, 0.15) is 18.5 Å². The number of carbonyl (C=O) groups excluding carboxylic acids is 1. The van der Waals surface area contributed by atoms with Gasteiger partial charge in [-0.2, -0.15) is 0 Å². The third-order valence-electron chi connectivity index (χ3n) is 1.66. The molecule has 0 bridgehead atoms. The van der Waals surface area contributed by atoms with E-state index in [4.69, 9.17) is 4.42 Å². The smallest absolute Gasteiger partial charge is 0.331 e. The molecule has 0 amide bonds. The highest BCUT2D eigenvalue weighted by Gasteiger charge is 2.38. The topological polar surface area (TPSA) is 52.3 Å². The van der Waals surface area contributed by atoms with Gasteiger partial charge in [0, 0.05) is 5.33 Å².